The highest BCUT2D eigenvalue weighted by molar-refractivity contribution is 9.10. The van der Waals surface area contributed by atoms with E-state index < -0.39 is 0 Å². The van der Waals surface area contributed by atoms with E-state index in [0.717, 1.165) is 10.0 Å². The summed E-state index contributed by atoms with van der Waals surface area (Å²) < 4.78 is 6.00. The van der Waals surface area contributed by atoms with Gasteiger partial charge in [-0.05, 0) is 35.0 Å². The SMILES string of the molecule is C[C@@H](NC(=O)c1ccccc1Br)c1nc(-c2ccccc2)no1. The fourth-order valence-electron chi connectivity index (χ4n) is 2.10. The molecular formula is C17H14BrN3O2. The minimum Gasteiger partial charge on any atom is -0.340 e. The van der Waals surface area contributed by atoms with Crippen molar-refractivity contribution in [1.82, 2.24) is 15.5 Å². The summed E-state index contributed by atoms with van der Waals surface area (Å²) in [5, 5.41) is 6.81. The van der Waals surface area contributed by atoms with Crippen molar-refractivity contribution in [3.05, 3.63) is 70.5 Å². The van der Waals surface area contributed by atoms with E-state index in [0.29, 0.717) is 17.3 Å². The van der Waals surface area contributed by atoms with E-state index >= 15 is 0 Å². The molecule has 0 aliphatic carbocycles. The van der Waals surface area contributed by atoms with Crippen LogP contribution in [0.2, 0.25) is 0 Å². The van der Waals surface area contributed by atoms with Crippen LogP contribution in [-0.2, 0) is 0 Å². The Morgan fingerprint density at radius 3 is 2.57 bits per heavy atom. The monoisotopic (exact) mass is 371 g/mol. The minimum absolute atomic E-state index is 0.204. The van der Waals surface area contributed by atoms with Crippen molar-refractivity contribution in [3.8, 4) is 11.4 Å². The number of rotatable bonds is 4. The Kier molecular flexibility index (Phi) is 4.52. The third kappa shape index (κ3) is 3.48. The number of nitrogens with zero attached hydrogens (tertiary/aromatic N) is 2. The molecule has 1 N–H and O–H groups in total. The minimum atomic E-state index is -0.389. The largest absolute Gasteiger partial charge is 0.340 e. The number of hydrogen-bond acceptors (Lipinski definition) is 4. The molecule has 0 aliphatic rings. The van der Waals surface area contributed by atoms with Gasteiger partial charge in [0, 0.05) is 10.0 Å². The van der Waals surface area contributed by atoms with E-state index in [2.05, 4.69) is 31.4 Å². The van der Waals surface area contributed by atoms with Crippen LogP contribution in [-0.4, -0.2) is 16.0 Å². The quantitative estimate of drug-likeness (QED) is 0.752. The molecular weight excluding hydrogens is 358 g/mol. The van der Waals surface area contributed by atoms with Gasteiger partial charge >= 0.3 is 0 Å². The third-order valence-electron chi connectivity index (χ3n) is 3.31. The molecule has 0 aliphatic heterocycles. The Labute approximate surface area is 141 Å². The first kappa shape index (κ1) is 15.4. The highest BCUT2D eigenvalue weighted by Crippen LogP contribution is 2.20. The van der Waals surface area contributed by atoms with Crippen LogP contribution in [0.3, 0.4) is 0 Å². The van der Waals surface area contributed by atoms with Crippen molar-refractivity contribution in [3.63, 3.8) is 0 Å². The second-order valence-electron chi connectivity index (χ2n) is 5.00. The summed E-state index contributed by atoms with van der Waals surface area (Å²) in [6.07, 6.45) is 0. The summed E-state index contributed by atoms with van der Waals surface area (Å²) in [5.74, 6) is 0.663. The Hall–Kier alpha value is -2.47. The number of carbonyl (C=O) groups is 1. The molecule has 0 spiro atoms. The first-order valence-corrected chi connectivity index (χ1v) is 7.89. The van der Waals surface area contributed by atoms with Gasteiger partial charge in [-0.25, -0.2) is 0 Å². The average Bonchev–Trinajstić information content (AvgIpc) is 3.06. The second-order valence-corrected chi connectivity index (χ2v) is 5.85. The normalized spacial score (nSPS) is 11.9. The predicted octanol–water partition coefficient (Wildman–Crippen LogP) is 3.99. The molecule has 116 valence electrons. The fourth-order valence-corrected chi connectivity index (χ4v) is 2.56. The lowest BCUT2D eigenvalue weighted by molar-refractivity contribution is 0.0931. The van der Waals surface area contributed by atoms with Crippen LogP contribution in [0.5, 0.6) is 0 Å². The molecule has 3 rings (SSSR count). The fraction of sp³-hybridized carbons (Fsp3) is 0.118. The van der Waals surface area contributed by atoms with E-state index in [9.17, 15) is 4.79 Å². The van der Waals surface area contributed by atoms with E-state index in [1.54, 1.807) is 13.0 Å². The van der Waals surface area contributed by atoms with Crippen LogP contribution in [0.15, 0.2) is 63.6 Å². The lowest BCUT2D eigenvalue weighted by atomic mass is 10.2. The zero-order valence-electron chi connectivity index (χ0n) is 12.4. The lowest BCUT2D eigenvalue weighted by Crippen LogP contribution is -2.27. The highest BCUT2D eigenvalue weighted by Gasteiger charge is 2.19. The standard InChI is InChI=1S/C17H14BrN3O2/c1-11(19-16(22)13-9-5-6-10-14(13)18)17-20-15(21-23-17)12-7-3-2-4-8-12/h2-11H,1H3,(H,19,22)/t11-/m1/s1. The number of benzene rings is 2. The number of carbonyl (C=O) groups excluding carboxylic acids is 1. The van der Waals surface area contributed by atoms with Crippen molar-refractivity contribution in [2.24, 2.45) is 0 Å². The molecule has 5 nitrogen and oxygen atoms in total. The number of amides is 1. The van der Waals surface area contributed by atoms with Crippen molar-refractivity contribution >= 4 is 21.8 Å². The Bertz CT molecular complexity index is 817. The van der Waals surface area contributed by atoms with Gasteiger partial charge in [0.15, 0.2) is 0 Å². The molecule has 23 heavy (non-hydrogen) atoms. The van der Waals surface area contributed by atoms with Gasteiger partial charge in [-0.2, -0.15) is 4.98 Å². The van der Waals surface area contributed by atoms with Crippen LogP contribution in [0.4, 0.5) is 0 Å². The molecule has 0 unspecified atom stereocenters. The summed E-state index contributed by atoms with van der Waals surface area (Å²) in [6, 6.07) is 16.4. The van der Waals surface area contributed by atoms with Crippen molar-refractivity contribution in [2.45, 2.75) is 13.0 Å². The Morgan fingerprint density at radius 1 is 1.13 bits per heavy atom. The summed E-state index contributed by atoms with van der Waals surface area (Å²) in [4.78, 5) is 16.6. The first-order valence-electron chi connectivity index (χ1n) is 7.09. The molecule has 0 saturated carbocycles. The van der Waals surface area contributed by atoms with Crippen molar-refractivity contribution in [1.29, 1.82) is 0 Å². The van der Waals surface area contributed by atoms with E-state index in [1.165, 1.54) is 0 Å². The molecule has 1 aromatic heterocycles. The lowest BCUT2D eigenvalue weighted by Gasteiger charge is -2.10. The van der Waals surface area contributed by atoms with E-state index in [1.807, 2.05) is 48.5 Å². The Morgan fingerprint density at radius 2 is 1.83 bits per heavy atom. The van der Waals surface area contributed by atoms with Gasteiger partial charge in [-0.3, -0.25) is 4.79 Å². The van der Waals surface area contributed by atoms with Gasteiger partial charge in [-0.15, -0.1) is 0 Å². The first-order chi connectivity index (χ1) is 11.1. The molecule has 2 aromatic carbocycles. The number of halogens is 1. The summed E-state index contributed by atoms with van der Waals surface area (Å²) in [6.45, 7) is 1.80. The zero-order chi connectivity index (χ0) is 16.2. The maximum atomic E-state index is 12.3. The van der Waals surface area contributed by atoms with E-state index in [-0.39, 0.29) is 11.9 Å². The second kappa shape index (κ2) is 6.75. The Balaban J connectivity index is 1.74. The molecule has 1 atom stereocenters. The van der Waals surface area contributed by atoms with Crippen LogP contribution >= 0.6 is 15.9 Å². The van der Waals surface area contributed by atoms with Crippen LogP contribution in [0.1, 0.15) is 29.2 Å². The average molecular weight is 372 g/mol. The summed E-state index contributed by atoms with van der Waals surface area (Å²) in [7, 11) is 0. The van der Waals surface area contributed by atoms with Gasteiger partial charge in [0.05, 0.1) is 5.56 Å². The molecule has 1 amide bonds. The summed E-state index contributed by atoms with van der Waals surface area (Å²) in [5.41, 5.74) is 1.42. The van der Waals surface area contributed by atoms with E-state index in [4.69, 9.17) is 4.52 Å². The number of hydrogen-bond donors (Lipinski definition) is 1. The van der Waals surface area contributed by atoms with Crippen LogP contribution < -0.4 is 5.32 Å². The van der Waals surface area contributed by atoms with Crippen molar-refractivity contribution < 1.29 is 9.32 Å². The molecule has 0 radical (unpaired) electrons. The van der Waals surface area contributed by atoms with Crippen molar-refractivity contribution in [2.75, 3.05) is 0 Å². The topological polar surface area (TPSA) is 68.0 Å². The molecule has 0 fully saturated rings. The maximum Gasteiger partial charge on any atom is 0.253 e. The van der Waals surface area contributed by atoms with Crippen LogP contribution in [0, 0.1) is 0 Å². The van der Waals surface area contributed by atoms with Gasteiger partial charge in [0.25, 0.3) is 5.91 Å². The maximum absolute atomic E-state index is 12.3. The number of aromatic nitrogens is 2. The number of nitrogens with one attached hydrogen (secondary N) is 1. The third-order valence-corrected chi connectivity index (χ3v) is 4.00. The smallest absolute Gasteiger partial charge is 0.253 e. The predicted molar refractivity (Wildman–Crippen MR) is 89.8 cm³/mol. The van der Waals surface area contributed by atoms with Gasteiger partial charge in [0.2, 0.25) is 11.7 Å². The molecule has 1 heterocycles. The zero-order valence-corrected chi connectivity index (χ0v) is 13.9. The summed E-state index contributed by atoms with van der Waals surface area (Å²) >= 11 is 3.37. The molecule has 0 bridgehead atoms. The van der Waals surface area contributed by atoms with Gasteiger partial charge in [-0.1, -0.05) is 47.6 Å². The highest BCUT2D eigenvalue weighted by atomic mass is 79.9. The molecule has 0 saturated heterocycles. The molecule has 6 heteroatoms. The van der Waals surface area contributed by atoms with Crippen LogP contribution in [0.25, 0.3) is 11.4 Å². The van der Waals surface area contributed by atoms with Gasteiger partial charge < -0.3 is 9.84 Å². The van der Waals surface area contributed by atoms with Gasteiger partial charge in [0.1, 0.15) is 6.04 Å². The molecule has 3 aromatic rings.